The average molecular weight is 412 g/mol. The van der Waals surface area contributed by atoms with Crippen LogP contribution in [0.1, 0.15) is 44.1 Å². The van der Waals surface area contributed by atoms with Crippen molar-refractivity contribution in [3.8, 4) is 11.5 Å². The van der Waals surface area contributed by atoms with Crippen LogP contribution < -0.4 is 20.0 Å². The van der Waals surface area contributed by atoms with Crippen LogP contribution in [0.5, 0.6) is 11.5 Å². The Balaban J connectivity index is 1.53. The van der Waals surface area contributed by atoms with Gasteiger partial charge in [0.05, 0.1) is 13.3 Å². The summed E-state index contributed by atoms with van der Waals surface area (Å²) in [6.45, 7) is 3.88. The number of rotatable bonds is 6. The lowest BCUT2D eigenvalue weighted by atomic mass is 10.1. The molecule has 0 radical (unpaired) electrons. The maximum Gasteiger partial charge on any atom is 0.250 e. The van der Waals surface area contributed by atoms with E-state index in [-0.39, 0.29) is 5.75 Å². The Labute approximate surface area is 176 Å². The second kappa shape index (κ2) is 9.60. The molecule has 0 spiro atoms. The summed E-state index contributed by atoms with van der Waals surface area (Å²) in [4.78, 5) is 18.5. The first-order chi connectivity index (χ1) is 14.7. The van der Waals surface area contributed by atoms with Crippen LogP contribution in [0, 0.1) is 0 Å². The summed E-state index contributed by atoms with van der Waals surface area (Å²) in [5.41, 5.74) is 3.68. The van der Waals surface area contributed by atoms with Crippen molar-refractivity contribution >= 4 is 24.1 Å². The number of methoxy groups -OCH3 is 1. The van der Waals surface area contributed by atoms with Crippen LogP contribution in [-0.2, 0) is 0 Å². The van der Waals surface area contributed by atoms with Gasteiger partial charge in [0.1, 0.15) is 0 Å². The Bertz CT molecular complexity index is 841. The van der Waals surface area contributed by atoms with E-state index >= 15 is 0 Å². The Morgan fingerprint density at radius 3 is 2.07 bits per heavy atom. The van der Waals surface area contributed by atoms with E-state index in [1.807, 2.05) is 6.07 Å². The van der Waals surface area contributed by atoms with E-state index in [4.69, 9.17) is 9.72 Å². The van der Waals surface area contributed by atoms with Gasteiger partial charge in [0.2, 0.25) is 17.8 Å². The first-order valence-electron chi connectivity index (χ1n) is 10.6. The summed E-state index contributed by atoms with van der Waals surface area (Å²) in [5, 5.41) is 14.2. The third-order valence-electron chi connectivity index (χ3n) is 5.47. The Hall–Kier alpha value is -3.10. The molecule has 1 aromatic heterocycles. The number of aromatic hydroxyl groups is 1. The molecule has 2 aliphatic heterocycles. The van der Waals surface area contributed by atoms with Gasteiger partial charge in [-0.1, -0.05) is 0 Å². The molecule has 0 atom stereocenters. The number of ether oxygens (including phenoxy) is 1. The summed E-state index contributed by atoms with van der Waals surface area (Å²) in [5.74, 6) is 2.35. The molecular formula is C21H29N7O2. The highest BCUT2D eigenvalue weighted by Gasteiger charge is 2.20. The lowest BCUT2D eigenvalue weighted by molar-refractivity contribution is 0.373. The minimum atomic E-state index is 0.0707. The topological polar surface area (TPSA) is 99.0 Å². The molecule has 2 saturated heterocycles. The molecule has 2 aromatic rings. The number of nitrogens with one attached hydrogen (secondary N) is 1. The highest BCUT2D eigenvalue weighted by atomic mass is 16.5. The molecule has 1 aromatic carbocycles. The third kappa shape index (κ3) is 4.90. The van der Waals surface area contributed by atoms with Gasteiger partial charge in [-0.15, -0.1) is 0 Å². The van der Waals surface area contributed by atoms with Crippen molar-refractivity contribution in [2.24, 2.45) is 5.10 Å². The van der Waals surface area contributed by atoms with Gasteiger partial charge in [0.15, 0.2) is 11.5 Å². The summed E-state index contributed by atoms with van der Waals surface area (Å²) in [6, 6.07) is 5.10. The van der Waals surface area contributed by atoms with Gasteiger partial charge >= 0.3 is 0 Å². The number of benzene rings is 1. The fourth-order valence-electron chi connectivity index (χ4n) is 3.83. The molecule has 2 aliphatic rings. The molecule has 2 N–H and O–H groups in total. The van der Waals surface area contributed by atoms with Gasteiger partial charge in [0.25, 0.3) is 0 Å². The monoisotopic (exact) mass is 411 g/mol. The fraction of sp³-hybridized carbons (Fsp3) is 0.524. The van der Waals surface area contributed by atoms with Gasteiger partial charge < -0.3 is 19.6 Å². The molecule has 3 heterocycles. The second-order valence-electron chi connectivity index (χ2n) is 7.66. The van der Waals surface area contributed by atoms with E-state index in [0.29, 0.717) is 23.6 Å². The second-order valence-corrected chi connectivity index (χ2v) is 7.66. The average Bonchev–Trinajstić information content (AvgIpc) is 2.80. The molecule has 0 unspecified atom stereocenters. The van der Waals surface area contributed by atoms with E-state index in [9.17, 15) is 5.11 Å². The molecule has 160 valence electrons. The smallest absolute Gasteiger partial charge is 0.250 e. The van der Waals surface area contributed by atoms with Gasteiger partial charge in [-0.05, 0) is 62.3 Å². The van der Waals surface area contributed by atoms with Crippen LogP contribution in [-0.4, -0.2) is 59.6 Å². The minimum Gasteiger partial charge on any atom is -0.504 e. The SMILES string of the molecule is COc1ccc(C=NNc2nc(N3CCCCC3)nc(N3CCCCC3)n2)cc1O. The van der Waals surface area contributed by atoms with Crippen LogP contribution in [0.4, 0.5) is 17.8 Å². The number of anilines is 3. The molecule has 0 amide bonds. The first kappa shape index (κ1) is 20.2. The number of hydrogen-bond donors (Lipinski definition) is 2. The minimum absolute atomic E-state index is 0.0707. The molecule has 9 heteroatoms. The summed E-state index contributed by atoms with van der Waals surface area (Å²) in [7, 11) is 1.52. The van der Waals surface area contributed by atoms with Crippen molar-refractivity contribution in [2.75, 3.05) is 48.5 Å². The van der Waals surface area contributed by atoms with Crippen LogP contribution in [0.2, 0.25) is 0 Å². The zero-order valence-electron chi connectivity index (χ0n) is 17.4. The molecule has 0 saturated carbocycles. The largest absolute Gasteiger partial charge is 0.504 e. The third-order valence-corrected chi connectivity index (χ3v) is 5.47. The van der Waals surface area contributed by atoms with E-state index in [1.165, 1.54) is 20.0 Å². The van der Waals surface area contributed by atoms with Crippen LogP contribution in [0.15, 0.2) is 23.3 Å². The normalized spacial score (nSPS) is 17.4. The predicted octanol–water partition coefficient (Wildman–Crippen LogP) is 3.01. The number of piperidine rings is 2. The van der Waals surface area contributed by atoms with Crippen molar-refractivity contribution in [2.45, 2.75) is 38.5 Å². The van der Waals surface area contributed by atoms with E-state index < -0.39 is 0 Å². The fourth-order valence-corrected chi connectivity index (χ4v) is 3.83. The number of phenolic OH excluding ortho intramolecular Hbond substituents is 1. The Morgan fingerprint density at radius 2 is 1.53 bits per heavy atom. The highest BCUT2D eigenvalue weighted by Crippen LogP contribution is 2.26. The number of nitrogens with zero attached hydrogens (tertiary/aromatic N) is 6. The highest BCUT2D eigenvalue weighted by molar-refractivity contribution is 5.81. The first-order valence-corrected chi connectivity index (χ1v) is 10.6. The quantitative estimate of drug-likeness (QED) is 0.553. The maximum atomic E-state index is 9.92. The lowest BCUT2D eigenvalue weighted by Crippen LogP contribution is -2.34. The zero-order chi connectivity index (χ0) is 20.8. The number of hydrogen-bond acceptors (Lipinski definition) is 9. The molecule has 30 heavy (non-hydrogen) atoms. The van der Waals surface area contributed by atoms with E-state index in [0.717, 1.165) is 57.4 Å². The van der Waals surface area contributed by atoms with Crippen molar-refractivity contribution in [1.29, 1.82) is 0 Å². The van der Waals surface area contributed by atoms with Crippen molar-refractivity contribution in [3.05, 3.63) is 23.8 Å². The van der Waals surface area contributed by atoms with Gasteiger partial charge in [0, 0.05) is 26.2 Å². The summed E-state index contributed by atoms with van der Waals surface area (Å²) in [6.07, 6.45) is 8.76. The number of aromatic nitrogens is 3. The molecule has 2 fully saturated rings. The van der Waals surface area contributed by atoms with E-state index in [1.54, 1.807) is 18.3 Å². The summed E-state index contributed by atoms with van der Waals surface area (Å²) >= 11 is 0. The van der Waals surface area contributed by atoms with E-state index in [2.05, 4.69) is 30.3 Å². The van der Waals surface area contributed by atoms with Crippen molar-refractivity contribution < 1.29 is 9.84 Å². The Morgan fingerprint density at radius 1 is 0.933 bits per heavy atom. The molecular weight excluding hydrogens is 382 g/mol. The van der Waals surface area contributed by atoms with Crippen LogP contribution in [0.25, 0.3) is 0 Å². The van der Waals surface area contributed by atoms with Gasteiger partial charge in [-0.2, -0.15) is 20.1 Å². The predicted molar refractivity (Wildman–Crippen MR) is 118 cm³/mol. The zero-order valence-corrected chi connectivity index (χ0v) is 17.4. The molecule has 9 nitrogen and oxygen atoms in total. The maximum absolute atomic E-state index is 9.92. The van der Waals surface area contributed by atoms with Crippen molar-refractivity contribution in [1.82, 2.24) is 15.0 Å². The van der Waals surface area contributed by atoms with Crippen molar-refractivity contribution in [3.63, 3.8) is 0 Å². The molecule has 0 bridgehead atoms. The van der Waals surface area contributed by atoms with Crippen LogP contribution in [0.3, 0.4) is 0 Å². The van der Waals surface area contributed by atoms with Gasteiger partial charge in [-0.25, -0.2) is 5.43 Å². The number of hydrazone groups is 1. The summed E-state index contributed by atoms with van der Waals surface area (Å²) < 4.78 is 5.07. The number of phenols is 1. The molecule has 0 aliphatic carbocycles. The lowest BCUT2D eigenvalue weighted by Gasteiger charge is -2.30. The van der Waals surface area contributed by atoms with Crippen LogP contribution >= 0.6 is 0 Å². The van der Waals surface area contributed by atoms with Gasteiger partial charge in [-0.3, -0.25) is 0 Å². The molecule has 4 rings (SSSR count). The standard InChI is InChI=1S/C21H29N7O2/c1-30-18-9-8-16(14-17(18)29)15-22-26-19-23-20(27-10-4-2-5-11-27)25-21(24-19)28-12-6-3-7-13-28/h8-9,14-15,29H,2-7,10-13H2,1H3,(H,23,24,25,26). The Kier molecular flexibility index (Phi) is 6.46.